The summed E-state index contributed by atoms with van der Waals surface area (Å²) in [6.45, 7) is 8.81. The smallest absolute Gasteiger partial charge is 0.407 e. The van der Waals surface area contributed by atoms with E-state index in [2.05, 4.69) is 16.6 Å². The third-order valence-corrected chi connectivity index (χ3v) is 3.77. The number of nitrogens with one attached hydrogen (secondary N) is 2. The Morgan fingerprint density at radius 1 is 0.969 bits per heavy atom. The minimum Gasteiger partial charge on any atom is -0.444 e. The van der Waals surface area contributed by atoms with E-state index in [0.717, 1.165) is 0 Å². The molecule has 0 aliphatic rings. The molecule has 0 aromatic rings. The monoisotopic (exact) mass is 460 g/mol. The number of aliphatic hydroxyl groups is 1. The fourth-order valence-electron chi connectivity index (χ4n) is 2.30. The number of alkyl carbamates (subject to hydrolysis) is 1. The molecule has 2 amide bonds. The van der Waals surface area contributed by atoms with Crippen molar-refractivity contribution in [3.8, 4) is 12.3 Å². The van der Waals surface area contributed by atoms with Crippen molar-refractivity contribution in [3.63, 3.8) is 0 Å². The Morgan fingerprint density at radius 2 is 1.53 bits per heavy atom. The third-order valence-electron chi connectivity index (χ3n) is 3.77. The van der Waals surface area contributed by atoms with E-state index >= 15 is 0 Å². The predicted molar refractivity (Wildman–Crippen MR) is 119 cm³/mol. The van der Waals surface area contributed by atoms with Crippen LogP contribution in [0.4, 0.5) is 4.79 Å². The molecule has 0 aliphatic carbocycles. The van der Waals surface area contributed by atoms with E-state index in [-0.39, 0.29) is 25.5 Å². The van der Waals surface area contributed by atoms with Crippen molar-refractivity contribution in [1.82, 2.24) is 10.6 Å². The van der Waals surface area contributed by atoms with Gasteiger partial charge < -0.3 is 39.4 Å². The van der Waals surface area contributed by atoms with Crippen molar-refractivity contribution in [2.24, 2.45) is 0 Å². The first-order valence-corrected chi connectivity index (χ1v) is 10.9. The van der Waals surface area contributed by atoms with Gasteiger partial charge in [-0.25, -0.2) is 4.79 Å². The molecule has 10 heteroatoms. The van der Waals surface area contributed by atoms with Crippen LogP contribution >= 0.6 is 0 Å². The summed E-state index contributed by atoms with van der Waals surface area (Å²) in [5.74, 6) is 2.26. The van der Waals surface area contributed by atoms with E-state index in [0.29, 0.717) is 65.6 Å². The van der Waals surface area contributed by atoms with Crippen LogP contribution in [0.25, 0.3) is 0 Å². The molecule has 0 aromatic carbocycles. The Morgan fingerprint density at radius 3 is 2.06 bits per heavy atom. The first kappa shape index (κ1) is 30.1. The lowest BCUT2D eigenvalue weighted by Gasteiger charge is -2.22. The van der Waals surface area contributed by atoms with Gasteiger partial charge in [0.25, 0.3) is 0 Å². The zero-order valence-electron chi connectivity index (χ0n) is 19.7. The number of terminal acetylenes is 1. The van der Waals surface area contributed by atoms with Crippen molar-refractivity contribution in [2.75, 3.05) is 66.0 Å². The number of carbonyl (C=O) groups excluding carboxylic acids is 2. The van der Waals surface area contributed by atoms with Crippen LogP contribution in [0.2, 0.25) is 0 Å². The van der Waals surface area contributed by atoms with Gasteiger partial charge >= 0.3 is 6.09 Å². The molecule has 0 saturated heterocycles. The molecule has 0 fully saturated rings. The van der Waals surface area contributed by atoms with Crippen LogP contribution in [0, 0.1) is 12.3 Å². The Labute approximate surface area is 191 Å². The van der Waals surface area contributed by atoms with E-state index in [1.54, 1.807) is 20.8 Å². The first-order chi connectivity index (χ1) is 15.3. The Hall–Kier alpha value is -1.90. The maximum Gasteiger partial charge on any atom is 0.407 e. The topological polar surface area (TPSA) is 125 Å². The minimum absolute atomic E-state index is 0.118. The molecule has 0 spiro atoms. The molecule has 0 aliphatic heterocycles. The van der Waals surface area contributed by atoms with Crippen LogP contribution in [0.1, 0.15) is 40.0 Å². The summed E-state index contributed by atoms with van der Waals surface area (Å²) in [6.07, 6.45) is 5.86. The SMILES string of the molecule is C#CCOCCOCCOCCOCCC(=O)NCCC[C@@H](CO)NC(=O)OC(C)(C)C. The van der Waals surface area contributed by atoms with Gasteiger partial charge in [-0.1, -0.05) is 5.92 Å². The van der Waals surface area contributed by atoms with Crippen LogP contribution in [0.5, 0.6) is 0 Å². The second-order valence-corrected chi connectivity index (χ2v) is 7.86. The van der Waals surface area contributed by atoms with Gasteiger partial charge in [0.05, 0.1) is 58.9 Å². The predicted octanol–water partition coefficient (Wildman–Crippen LogP) is 0.858. The fourth-order valence-corrected chi connectivity index (χ4v) is 2.30. The molecule has 1 atom stereocenters. The van der Waals surface area contributed by atoms with Crippen molar-refractivity contribution in [1.29, 1.82) is 0 Å². The van der Waals surface area contributed by atoms with E-state index < -0.39 is 17.7 Å². The molecule has 32 heavy (non-hydrogen) atoms. The van der Waals surface area contributed by atoms with Crippen molar-refractivity contribution in [2.45, 2.75) is 51.7 Å². The molecule has 0 radical (unpaired) electrons. The highest BCUT2D eigenvalue weighted by molar-refractivity contribution is 5.75. The summed E-state index contributed by atoms with van der Waals surface area (Å²) < 4.78 is 26.2. The average molecular weight is 461 g/mol. The van der Waals surface area contributed by atoms with Gasteiger partial charge in [0, 0.05) is 13.0 Å². The number of carbonyl (C=O) groups is 2. The van der Waals surface area contributed by atoms with Crippen molar-refractivity contribution in [3.05, 3.63) is 0 Å². The van der Waals surface area contributed by atoms with Gasteiger partial charge in [-0.2, -0.15) is 0 Å². The minimum atomic E-state index is -0.598. The number of hydrogen-bond acceptors (Lipinski definition) is 8. The molecule has 186 valence electrons. The molecule has 0 aromatic heterocycles. The molecular formula is C22H40N2O8. The maximum atomic E-state index is 11.8. The molecule has 10 nitrogen and oxygen atoms in total. The fraction of sp³-hybridized carbons (Fsp3) is 0.818. The van der Waals surface area contributed by atoms with E-state index in [9.17, 15) is 14.7 Å². The van der Waals surface area contributed by atoms with Crippen LogP contribution in [0.15, 0.2) is 0 Å². The highest BCUT2D eigenvalue weighted by Gasteiger charge is 2.19. The van der Waals surface area contributed by atoms with E-state index in [1.165, 1.54) is 0 Å². The molecule has 3 N–H and O–H groups in total. The lowest BCUT2D eigenvalue weighted by atomic mass is 10.1. The second kappa shape index (κ2) is 19.8. The van der Waals surface area contributed by atoms with Gasteiger partial charge in [0.15, 0.2) is 0 Å². The molecule has 0 heterocycles. The standard InChI is InChI=1S/C22H40N2O8/c1-5-10-28-12-14-30-16-17-31-15-13-29-11-8-20(26)23-9-6-7-19(18-25)24-21(27)32-22(2,3)4/h1,19,25H,6-18H2,2-4H3,(H,23,26)(H,24,27)/t19-/m0/s1. The number of aliphatic hydroxyl groups excluding tert-OH is 1. The van der Waals surface area contributed by atoms with Gasteiger partial charge in [0.1, 0.15) is 12.2 Å². The Kier molecular flexibility index (Phi) is 18.6. The second-order valence-electron chi connectivity index (χ2n) is 7.86. The molecule has 0 bridgehead atoms. The summed E-state index contributed by atoms with van der Waals surface area (Å²) >= 11 is 0. The summed E-state index contributed by atoms with van der Waals surface area (Å²) in [5, 5.41) is 14.8. The molecule has 0 rings (SSSR count). The normalized spacial score (nSPS) is 12.1. The number of amides is 2. The van der Waals surface area contributed by atoms with E-state index in [4.69, 9.17) is 30.1 Å². The van der Waals surface area contributed by atoms with Gasteiger partial charge in [-0.05, 0) is 33.6 Å². The first-order valence-electron chi connectivity index (χ1n) is 10.9. The summed E-state index contributed by atoms with van der Waals surface area (Å²) in [6, 6.07) is -0.419. The molecule has 0 unspecified atom stereocenters. The number of hydrogen-bond donors (Lipinski definition) is 3. The Bertz CT molecular complexity index is 531. The third kappa shape index (κ3) is 21.3. The lowest BCUT2D eigenvalue weighted by Crippen LogP contribution is -2.41. The van der Waals surface area contributed by atoms with Gasteiger partial charge in [-0.3, -0.25) is 4.79 Å². The van der Waals surface area contributed by atoms with Crippen LogP contribution in [-0.2, 0) is 28.5 Å². The largest absolute Gasteiger partial charge is 0.444 e. The van der Waals surface area contributed by atoms with Crippen LogP contribution in [0.3, 0.4) is 0 Å². The lowest BCUT2D eigenvalue weighted by molar-refractivity contribution is -0.122. The number of rotatable bonds is 19. The Balaban J connectivity index is 3.52. The quantitative estimate of drug-likeness (QED) is 0.191. The summed E-state index contributed by atoms with van der Waals surface area (Å²) in [7, 11) is 0. The number of ether oxygens (including phenoxy) is 5. The maximum absolute atomic E-state index is 11.8. The van der Waals surface area contributed by atoms with Crippen molar-refractivity contribution < 1.29 is 38.4 Å². The van der Waals surface area contributed by atoms with Crippen LogP contribution in [-0.4, -0.2) is 94.8 Å². The van der Waals surface area contributed by atoms with Crippen LogP contribution < -0.4 is 10.6 Å². The summed E-state index contributed by atoms with van der Waals surface area (Å²) in [4.78, 5) is 23.5. The van der Waals surface area contributed by atoms with Gasteiger partial charge in [-0.15, -0.1) is 6.42 Å². The highest BCUT2D eigenvalue weighted by Crippen LogP contribution is 2.07. The average Bonchev–Trinajstić information content (AvgIpc) is 2.72. The van der Waals surface area contributed by atoms with Crippen molar-refractivity contribution >= 4 is 12.0 Å². The molecular weight excluding hydrogens is 420 g/mol. The highest BCUT2D eigenvalue weighted by atomic mass is 16.6. The molecule has 0 saturated carbocycles. The summed E-state index contributed by atoms with van der Waals surface area (Å²) in [5.41, 5.74) is -0.598. The van der Waals surface area contributed by atoms with E-state index in [1.807, 2.05) is 0 Å². The zero-order chi connectivity index (χ0) is 24.1. The van der Waals surface area contributed by atoms with Gasteiger partial charge in [0.2, 0.25) is 5.91 Å². The zero-order valence-corrected chi connectivity index (χ0v) is 19.7.